The molecular weight excluding hydrogens is 613 g/mol. The van der Waals surface area contributed by atoms with E-state index in [1.807, 2.05) is 60.7 Å². The van der Waals surface area contributed by atoms with E-state index in [9.17, 15) is 0 Å². The summed E-state index contributed by atoms with van der Waals surface area (Å²) in [4.78, 5) is 17.9. The van der Waals surface area contributed by atoms with E-state index in [1.54, 1.807) is 0 Å². The first-order valence-electron chi connectivity index (χ1n) is 16.6. The topological polar surface area (TPSA) is 109 Å². The van der Waals surface area contributed by atoms with Gasteiger partial charge in [-0.1, -0.05) is 121 Å². The second kappa shape index (κ2) is 12.0. The van der Waals surface area contributed by atoms with Crippen LogP contribution in [0.15, 0.2) is 146 Å². The highest BCUT2D eigenvalue weighted by molar-refractivity contribution is 6.14. The number of rotatable bonds is 4. The predicted molar refractivity (Wildman–Crippen MR) is 208 cm³/mol. The highest BCUT2D eigenvalue weighted by Gasteiger charge is 2.30. The van der Waals surface area contributed by atoms with Crippen molar-refractivity contribution in [3.63, 3.8) is 0 Å². The molecule has 0 fully saturated rings. The van der Waals surface area contributed by atoms with Crippen molar-refractivity contribution in [1.82, 2.24) is 19.9 Å². The number of nitrogen functional groups attached to an aromatic ring is 2. The lowest BCUT2D eigenvalue weighted by molar-refractivity contribution is 1.30. The van der Waals surface area contributed by atoms with Gasteiger partial charge in [0, 0.05) is 33.3 Å². The van der Waals surface area contributed by atoms with Gasteiger partial charge in [-0.05, 0) is 58.7 Å². The van der Waals surface area contributed by atoms with Crippen LogP contribution in [0.2, 0.25) is 0 Å². The summed E-state index contributed by atoms with van der Waals surface area (Å²) in [5.74, 6) is 0. The number of anilines is 2. The maximum absolute atomic E-state index is 6.96. The molecular formula is C44H32N6. The van der Waals surface area contributed by atoms with Crippen LogP contribution in [0.3, 0.4) is 0 Å². The van der Waals surface area contributed by atoms with E-state index >= 15 is 0 Å². The molecule has 238 valence electrons. The molecule has 0 atom stereocenters. The second-order valence-electron chi connectivity index (χ2n) is 12.4. The van der Waals surface area contributed by atoms with Crippen LogP contribution in [0.1, 0.15) is 33.9 Å². The maximum atomic E-state index is 6.96. The van der Waals surface area contributed by atoms with Gasteiger partial charge < -0.3 is 21.4 Å². The third-order valence-corrected chi connectivity index (χ3v) is 9.29. The lowest BCUT2D eigenvalue weighted by Gasteiger charge is -2.14. The van der Waals surface area contributed by atoms with Crippen LogP contribution < -0.4 is 11.5 Å². The number of H-pyrrole nitrogens is 2. The van der Waals surface area contributed by atoms with Crippen LogP contribution in [-0.4, -0.2) is 19.9 Å². The molecule has 9 rings (SSSR count). The van der Waals surface area contributed by atoms with Crippen LogP contribution in [0.25, 0.3) is 67.6 Å². The molecule has 0 saturated heterocycles. The summed E-state index contributed by atoms with van der Waals surface area (Å²) in [5, 5.41) is 0. The summed E-state index contributed by atoms with van der Waals surface area (Å²) in [6.07, 6.45) is 3.99. The Balaban J connectivity index is 1.59. The monoisotopic (exact) mass is 644 g/mol. The molecule has 3 aromatic heterocycles. The molecule has 6 N–H and O–H groups in total. The lowest BCUT2D eigenvalue weighted by atomic mass is 9.88. The molecule has 8 bridgehead atoms. The van der Waals surface area contributed by atoms with Gasteiger partial charge in [0.15, 0.2) is 0 Å². The Morgan fingerprint density at radius 1 is 0.420 bits per heavy atom. The minimum atomic E-state index is 0.462. The molecule has 2 aliphatic heterocycles. The summed E-state index contributed by atoms with van der Waals surface area (Å²) >= 11 is 0. The molecule has 2 aliphatic rings. The first-order chi connectivity index (χ1) is 24.6. The predicted octanol–water partition coefficient (Wildman–Crippen LogP) is 9.99. The summed E-state index contributed by atoms with van der Waals surface area (Å²) in [5.41, 5.74) is 29.2. The van der Waals surface area contributed by atoms with Gasteiger partial charge >= 0.3 is 0 Å². The average molecular weight is 645 g/mol. The molecule has 0 spiro atoms. The number of hydrogen-bond acceptors (Lipinski definition) is 4. The molecule has 7 aromatic rings. The fraction of sp³-hybridized carbons (Fsp3) is 0. The molecule has 0 radical (unpaired) electrons. The summed E-state index contributed by atoms with van der Waals surface area (Å²) in [6, 6.07) is 50.0. The van der Waals surface area contributed by atoms with Gasteiger partial charge in [0.05, 0.1) is 45.2 Å². The van der Waals surface area contributed by atoms with Crippen LogP contribution in [0, 0.1) is 0 Å². The molecule has 5 heterocycles. The van der Waals surface area contributed by atoms with E-state index in [4.69, 9.17) is 21.4 Å². The van der Waals surface area contributed by atoms with Gasteiger partial charge in [0.2, 0.25) is 0 Å². The molecule has 0 amide bonds. The lowest BCUT2D eigenvalue weighted by Crippen LogP contribution is -1.95. The van der Waals surface area contributed by atoms with Gasteiger partial charge in [0.1, 0.15) is 0 Å². The largest absolute Gasteiger partial charge is 0.395 e. The number of nitrogens with zero attached hydrogens (tertiary/aromatic N) is 2. The first-order valence-corrected chi connectivity index (χ1v) is 16.6. The van der Waals surface area contributed by atoms with Gasteiger partial charge in [-0.15, -0.1) is 0 Å². The standard InChI is InChI=1S/C44H32N6/c45-40-35-26-33-22-21-31(47-33)25-32-23-24-34(48-32)36(27-13-5-1-6-14-27)42-37(28-15-7-2-8-16-28)38(29-17-9-3-10-18-29)43(50-42)39(44(49-35)41(40)46)30-19-11-4-12-20-30/h1-26,48-49H,45-46H2. The molecule has 0 unspecified atom stereocenters. The zero-order chi connectivity index (χ0) is 33.6. The number of aromatic nitrogens is 4. The SMILES string of the molecule is Nc1c(N)c2[nH]c1cc1nc(cc3ccc([nH]3)c(-c3ccccc3)c3nc(c2-c2ccccc2)C(c2ccccc2)=C3c2ccccc2)C=C1. The molecule has 0 saturated carbocycles. The summed E-state index contributed by atoms with van der Waals surface area (Å²) < 4.78 is 0. The molecule has 6 heteroatoms. The highest BCUT2D eigenvalue weighted by Crippen LogP contribution is 2.48. The molecule has 6 nitrogen and oxygen atoms in total. The summed E-state index contributed by atoms with van der Waals surface area (Å²) in [6.45, 7) is 0. The van der Waals surface area contributed by atoms with Crippen LogP contribution >= 0.6 is 0 Å². The quantitative estimate of drug-likeness (QED) is 0.153. The Morgan fingerprint density at radius 3 is 1.50 bits per heavy atom. The second-order valence-corrected chi connectivity index (χ2v) is 12.4. The number of aromatic amines is 2. The van der Waals surface area contributed by atoms with Crippen molar-refractivity contribution in [2.75, 3.05) is 11.5 Å². The van der Waals surface area contributed by atoms with Gasteiger partial charge in [-0.2, -0.15) is 0 Å². The number of nitrogens with one attached hydrogen (secondary N) is 2. The fourth-order valence-electron chi connectivity index (χ4n) is 6.99. The van der Waals surface area contributed by atoms with Gasteiger partial charge in [0.25, 0.3) is 0 Å². The Bertz CT molecular complexity index is 2630. The minimum Gasteiger partial charge on any atom is -0.395 e. The Morgan fingerprint density at radius 2 is 0.920 bits per heavy atom. The van der Waals surface area contributed by atoms with Crippen molar-refractivity contribution in [2.24, 2.45) is 0 Å². The van der Waals surface area contributed by atoms with Crippen molar-refractivity contribution in [3.05, 3.63) is 179 Å². The summed E-state index contributed by atoms with van der Waals surface area (Å²) in [7, 11) is 0. The van der Waals surface area contributed by atoms with E-state index in [-0.39, 0.29) is 0 Å². The van der Waals surface area contributed by atoms with E-state index in [0.29, 0.717) is 22.4 Å². The average Bonchev–Trinajstić information content (AvgIpc) is 3.95. The van der Waals surface area contributed by atoms with Crippen LogP contribution in [0.4, 0.5) is 11.4 Å². The van der Waals surface area contributed by atoms with E-state index in [1.165, 1.54) is 0 Å². The number of benzene rings is 4. The molecule has 4 aromatic carbocycles. The zero-order valence-electron chi connectivity index (χ0n) is 27.1. The van der Waals surface area contributed by atoms with Gasteiger partial charge in [-0.25, -0.2) is 9.97 Å². The normalized spacial score (nSPS) is 12.4. The van der Waals surface area contributed by atoms with E-state index in [2.05, 4.69) is 107 Å². The number of hydrogen-bond donors (Lipinski definition) is 4. The minimum absolute atomic E-state index is 0.462. The highest BCUT2D eigenvalue weighted by atomic mass is 14.8. The van der Waals surface area contributed by atoms with Crippen molar-refractivity contribution in [3.8, 4) is 22.3 Å². The van der Waals surface area contributed by atoms with Crippen molar-refractivity contribution in [2.45, 2.75) is 0 Å². The van der Waals surface area contributed by atoms with Crippen molar-refractivity contribution < 1.29 is 0 Å². The Labute approximate surface area is 289 Å². The third kappa shape index (κ3) is 4.98. The molecule has 0 aliphatic carbocycles. The van der Waals surface area contributed by atoms with Crippen LogP contribution in [-0.2, 0) is 0 Å². The fourth-order valence-corrected chi connectivity index (χ4v) is 6.99. The zero-order valence-corrected chi connectivity index (χ0v) is 27.1. The Hall–Kier alpha value is -6.92. The van der Waals surface area contributed by atoms with Crippen LogP contribution in [0.5, 0.6) is 0 Å². The third-order valence-electron chi connectivity index (χ3n) is 9.29. The first kappa shape index (κ1) is 29.2. The maximum Gasteiger partial charge on any atom is 0.0822 e. The van der Waals surface area contributed by atoms with Crippen molar-refractivity contribution in [1.29, 1.82) is 0 Å². The molecule has 50 heavy (non-hydrogen) atoms. The smallest absolute Gasteiger partial charge is 0.0822 e. The van der Waals surface area contributed by atoms with E-state index < -0.39 is 0 Å². The van der Waals surface area contributed by atoms with Crippen molar-refractivity contribution >= 4 is 56.7 Å². The van der Waals surface area contributed by atoms with Gasteiger partial charge in [-0.3, -0.25) is 0 Å². The number of fused-ring (bicyclic) bond motifs is 8. The van der Waals surface area contributed by atoms with E-state index in [0.717, 1.165) is 78.3 Å². The number of nitrogens with two attached hydrogens (primary N) is 2. The Kier molecular flexibility index (Phi) is 6.99.